The van der Waals surface area contributed by atoms with Gasteiger partial charge in [-0.3, -0.25) is 18.7 Å². The molecular formula is C22H25N3O4. The summed E-state index contributed by atoms with van der Waals surface area (Å²) in [5, 5.41) is 0. The molecule has 29 heavy (non-hydrogen) atoms. The first-order valence-corrected chi connectivity index (χ1v) is 9.57. The standard InChI is InChI=1S/C22H25N3O4/c1-4-24-17-12-8-9-13-18(17)25(22(24)28)15-14-19(26)29-20(21(27)23(2)3)16-10-6-5-7-11-16/h5-13,20H,4,14-15H2,1-3H3. The predicted octanol–water partition coefficient (Wildman–Crippen LogP) is 2.59. The third-order valence-electron chi connectivity index (χ3n) is 4.80. The molecule has 1 aromatic heterocycles. The molecule has 1 atom stereocenters. The van der Waals surface area contributed by atoms with Crippen molar-refractivity contribution in [1.82, 2.24) is 14.0 Å². The highest BCUT2D eigenvalue weighted by atomic mass is 16.5. The molecule has 0 spiro atoms. The van der Waals surface area contributed by atoms with Crippen LogP contribution in [0.4, 0.5) is 0 Å². The summed E-state index contributed by atoms with van der Waals surface area (Å²) in [6, 6.07) is 16.4. The lowest BCUT2D eigenvalue weighted by atomic mass is 10.1. The Balaban J connectivity index is 1.78. The summed E-state index contributed by atoms with van der Waals surface area (Å²) in [6.07, 6.45) is -1.02. The molecule has 0 aliphatic rings. The van der Waals surface area contributed by atoms with Gasteiger partial charge in [0.25, 0.3) is 5.91 Å². The van der Waals surface area contributed by atoms with Gasteiger partial charge in [-0.25, -0.2) is 4.79 Å². The lowest BCUT2D eigenvalue weighted by Crippen LogP contribution is -2.31. The van der Waals surface area contributed by atoms with Crippen molar-refractivity contribution in [3.63, 3.8) is 0 Å². The summed E-state index contributed by atoms with van der Waals surface area (Å²) >= 11 is 0. The molecule has 0 saturated carbocycles. The maximum atomic E-state index is 12.7. The average Bonchev–Trinajstić information content (AvgIpc) is 3.01. The van der Waals surface area contributed by atoms with E-state index in [-0.39, 0.29) is 24.6 Å². The van der Waals surface area contributed by atoms with Crippen LogP contribution in [0.25, 0.3) is 11.0 Å². The SMILES string of the molecule is CCn1c(=O)n(CCC(=O)OC(C(=O)N(C)C)c2ccccc2)c2ccccc21. The molecule has 3 rings (SSSR count). The molecule has 0 saturated heterocycles. The number of ether oxygens (including phenoxy) is 1. The van der Waals surface area contributed by atoms with E-state index < -0.39 is 12.1 Å². The smallest absolute Gasteiger partial charge is 0.329 e. The highest BCUT2D eigenvalue weighted by Crippen LogP contribution is 2.20. The van der Waals surface area contributed by atoms with E-state index >= 15 is 0 Å². The van der Waals surface area contributed by atoms with Crippen molar-refractivity contribution in [3.8, 4) is 0 Å². The van der Waals surface area contributed by atoms with Gasteiger partial charge in [0.2, 0.25) is 6.10 Å². The van der Waals surface area contributed by atoms with Gasteiger partial charge in [-0.1, -0.05) is 42.5 Å². The highest BCUT2D eigenvalue weighted by molar-refractivity contribution is 5.84. The van der Waals surface area contributed by atoms with Crippen LogP contribution in [0, 0.1) is 0 Å². The van der Waals surface area contributed by atoms with Crippen LogP contribution in [0.1, 0.15) is 25.0 Å². The van der Waals surface area contributed by atoms with Crippen LogP contribution < -0.4 is 5.69 Å². The Labute approximate surface area is 169 Å². The number of benzene rings is 2. The van der Waals surface area contributed by atoms with Crippen LogP contribution in [-0.4, -0.2) is 40.0 Å². The monoisotopic (exact) mass is 395 g/mol. The van der Waals surface area contributed by atoms with Crippen molar-refractivity contribution in [2.75, 3.05) is 14.1 Å². The second-order valence-corrected chi connectivity index (χ2v) is 6.93. The number of carbonyl (C=O) groups excluding carboxylic acids is 2. The van der Waals surface area contributed by atoms with E-state index in [9.17, 15) is 14.4 Å². The number of aromatic nitrogens is 2. The zero-order valence-corrected chi connectivity index (χ0v) is 16.9. The molecule has 152 valence electrons. The van der Waals surface area contributed by atoms with Crippen LogP contribution in [-0.2, 0) is 27.4 Å². The van der Waals surface area contributed by atoms with E-state index in [1.807, 2.05) is 37.3 Å². The number of hydrogen-bond donors (Lipinski definition) is 0. The van der Waals surface area contributed by atoms with Gasteiger partial charge in [0.15, 0.2) is 0 Å². The minimum atomic E-state index is -1.01. The molecule has 7 heteroatoms. The van der Waals surface area contributed by atoms with Crippen LogP contribution in [0.5, 0.6) is 0 Å². The van der Waals surface area contributed by atoms with Crippen molar-refractivity contribution in [1.29, 1.82) is 0 Å². The first-order valence-electron chi connectivity index (χ1n) is 9.57. The second-order valence-electron chi connectivity index (χ2n) is 6.93. The normalized spacial score (nSPS) is 12.0. The largest absolute Gasteiger partial charge is 0.447 e. The van der Waals surface area contributed by atoms with E-state index in [1.165, 1.54) is 4.90 Å². The molecule has 1 heterocycles. The van der Waals surface area contributed by atoms with Crippen LogP contribution in [0.15, 0.2) is 59.4 Å². The molecule has 0 bridgehead atoms. The first-order chi connectivity index (χ1) is 13.9. The van der Waals surface area contributed by atoms with Crippen molar-refractivity contribution >= 4 is 22.9 Å². The fraction of sp³-hybridized carbons (Fsp3) is 0.318. The number of carbonyl (C=O) groups is 2. The number of hydrogen-bond acceptors (Lipinski definition) is 4. The van der Waals surface area contributed by atoms with Gasteiger partial charge in [-0.05, 0) is 19.1 Å². The van der Waals surface area contributed by atoms with Crippen molar-refractivity contribution < 1.29 is 14.3 Å². The van der Waals surface area contributed by atoms with Crippen molar-refractivity contribution in [3.05, 3.63) is 70.6 Å². The molecule has 0 N–H and O–H groups in total. The average molecular weight is 395 g/mol. The highest BCUT2D eigenvalue weighted by Gasteiger charge is 2.26. The van der Waals surface area contributed by atoms with Gasteiger partial charge in [-0.15, -0.1) is 0 Å². The fourth-order valence-corrected chi connectivity index (χ4v) is 3.31. The molecule has 1 unspecified atom stereocenters. The molecule has 0 radical (unpaired) electrons. The van der Waals surface area contributed by atoms with Gasteiger partial charge < -0.3 is 9.64 Å². The van der Waals surface area contributed by atoms with Crippen LogP contribution in [0.2, 0.25) is 0 Å². The summed E-state index contributed by atoms with van der Waals surface area (Å²) < 4.78 is 8.76. The minimum absolute atomic E-state index is 0.0122. The van der Waals surface area contributed by atoms with Crippen molar-refractivity contribution in [2.45, 2.75) is 32.5 Å². The van der Waals surface area contributed by atoms with Gasteiger partial charge in [0.05, 0.1) is 17.5 Å². The Morgan fingerprint density at radius 2 is 1.55 bits per heavy atom. The minimum Gasteiger partial charge on any atom is -0.447 e. The Hall–Kier alpha value is -3.35. The Morgan fingerprint density at radius 1 is 0.966 bits per heavy atom. The van der Waals surface area contributed by atoms with E-state index in [1.54, 1.807) is 47.5 Å². The Morgan fingerprint density at radius 3 is 2.14 bits per heavy atom. The number of likely N-dealkylation sites (N-methyl/N-ethyl adjacent to an activating group) is 1. The Bertz CT molecular complexity index is 1070. The molecule has 2 aromatic carbocycles. The van der Waals surface area contributed by atoms with Crippen molar-refractivity contribution in [2.24, 2.45) is 0 Å². The van der Waals surface area contributed by atoms with Gasteiger partial charge in [-0.2, -0.15) is 0 Å². The number of rotatable bonds is 7. The number of nitrogens with zero attached hydrogens (tertiary/aromatic N) is 3. The number of amides is 1. The summed E-state index contributed by atoms with van der Waals surface area (Å²) in [7, 11) is 3.23. The van der Waals surface area contributed by atoms with Crippen LogP contribution in [0.3, 0.4) is 0 Å². The number of aryl methyl sites for hydroxylation is 2. The molecule has 0 aliphatic heterocycles. The quantitative estimate of drug-likeness (QED) is 0.577. The maximum Gasteiger partial charge on any atom is 0.329 e. The number of para-hydroxylation sites is 2. The van der Waals surface area contributed by atoms with Gasteiger partial charge in [0.1, 0.15) is 0 Å². The summed E-state index contributed by atoms with van der Waals surface area (Å²) in [5.41, 5.74) is 2.05. The molecule has 0 fully saturated rings. The molecule has 0 aliphatic carbocycles. The molecule has 1 amide bonds. The molecule has 7 nitrogen and oxygen atoms in total. The third kappa shape index (κ3) is 4.23. The van der Waals surface area contributed by atoms with Gasteiger partial charge in [0, 0.05) is 32.7 Å². The fourth-order valence-electron chi connectivity index (χ4n) is 3.31. The van der Waals surface area contributed by atoms with E-state index in [0.29, 0.717) is 12.1 Å². The number of imidazole rings is 1. The van der Waals surface area contributed by atoms with E-state index in [0.717, 1.165) is 11.0 Å². The predicted molar refractivity (Wildman–Crippen MR) is 110 cm³/mol. The summed E-state index contributed by atoms with van der Waals surface area (Å²) in [4.78, 5) is 39.1. The Kier molecular flexibility index (Phi) is 6.16. The third-order valence-corrected chi connectivity index (χ3v) is 4.80. The summed E-state index contributed by atoms with van der Waals surface area (Å²) in [5.74, 6) is -0.849. The lowest BCUT2D eigenvalue weighted by Gasteiger charge is -2.21. The molecule has 3 aromatic rings. The zero-order chi connectivity index (χ0) is 21.0. The maximum absolute atomic E-state index is 12.7. The number of fused-ring (bicyclic) bond motifs is 1. The first kappa shape index (κ1) is 20.4. The van der Waals surface area contributed by atoms with E-state index in [4.69, 9.17) is 4.74 Å². The summed E-state index contributed by atoms with van der Waals surface area (Å²) in [6.45, 7) is 2.64. The zero-order valence-electron chi connectivity index (χ0n) is 16.9. The van der Waals surface area contributed by atoms with Crippen LogP contribution >= 0.6 is 0 Å². The van der Waals surface area contributed by atoms with Gasteiger partial charge >= 0.3 is 11.7 Å². The molecular weight excluding hydrogens is 370 g/mol. The second kappa shape index (κ2) is 8.77. The number of esters is 1. The lowest BCUT2D eigenvalue weighted by molar-refractivity contribution is -0.160. The van der Waals surface area contributed by atoms with E-state index in [2.05, 4.69) is 0 Å². The topological polar surface area (TPSA) is 73.5 Å².